The first-order chi connectivity index (χ1) is 27.0. The third-order valence-corrected chi connectivity index (χ3v) is 12.7. The minimum absolute atomic E-state index is 0.722. The summed E-state index contributed by atoms with van der Waals surface area (Å²) in [4.78, 5) is 0. The van der Waals surface area contributed by atoms with Crippen molar-refractivity contribution in [1.29, 1.82) is 0 Å². The van der Waals surface area contributed by atoms with Gasteiger partial charge in [-0.3, -0.25) is 0 Å². The molecular formula is C58H110. The second-order valence-corrected chi connectivity index (χ2v) is 23.0. The second-order valence-electron chi connectivity index (χ2n) is 23.0. The van der Waals surface area contributed by atoms with Gasteiger partial charge in [-0.2, -0.15) is 0 Å². The van der Waals surface area contributed by atoms with Gasteiger partial charge in [-0.05, 0) is 158 Å². The summed E-state index contributed by atoms with van der Waals surface area (Å²) >= 11 is 0. The van der Waals surface area contributed by atoms with Crippen molar-refractivity contribution in [2.75, 3.05) is 0 Å². The molecule has 2 aliphatic carbocycles. The largest absolute Gasteiger partial charge is 0.103 e. The lowest BCUT2D eigenvalue weighted by Crippen LogP contribution is -2.21. The lowest BCUT2D eigenvalue weighted by atomic mass is 9.73. The molecule has 0 N–H and O–H groups in total. The summed E-state index contributed by atoms with van der Waals surface area (Å²) in [5.74, 6) is 18.8. The molecule has 0 saturated heterocycles. The summed E-state index contributed by atoms with van der Waals surface area (Å²) in [5.41, 5.74) is 2.93. The van der Waals surface area contributed by atoms with Gasteiger partial charge >= 0.3 is 0 Å². The Bertz CT molecular complexity index is 948. The number of hydrogen-bond donors (Lipinski definition) is 0. The van der Waals surface area contributed by atoms with Gasteiger partial charge in [-0.25, -0.2) is 0 Å². The van der Waals surface area contributed by atoms with Gasteiger partial charge in [-0.1, -0.05) is 188 Å². The van der Waals surface area contributed by atoms with E-state index in [4.69, 9.17) is 0 Å². The molecule has 2 fully saturated rings. The van der Waals surface area contributed by atoms with Crippen molar-refractivity contribution < 1.29 is 0 Å². The topological polar surface area (TPSA) is 0 Å². The average Bonchev–Trinajstić information content (AvgIpc) is 3.13. The van der Waals surface area contributed by atoms with E-state index in [2.05, 4.69) is 175 Å². The Morgan fingerprint density at radius 3 is 0.724 bits per heavy atom. The Morgan fingerprint density at radius 2 is 0.569 bits per heavy atom. The van der Waals surface area contributed by atoms with Crippen LogP contribution in [0.1, 0.15) is 239 Å². The molecule has 0 aliphatic heterocycles. The standard InChI is InChI=1S/C14H22.2C12H24.C10H22.C10H18/c1-11(2)9-13-5-7-14(8-6-13)10-12(3)4;2*1-9(2)11-5-7-12(8-6-11)10(3)4;2*1-9(2)7-5-6-8-10(3)4/h5-8,11-12H,9-10H2,1-4H3;2*9-12H,5-8H2,1-4H3;9-10H,5-8H2,1-4H3;9-10H,7-8H2,1-4H3. The quantitative estimate of drug-likeness (QED) is 0.122. The van der Waals surface area contributed by atoms with Crippen molar-refractivity contribution in [1.82, 2.24) is 0 Å². The van der Waals surface area contributed by atoms with E-state index in [1.165, 1.54) is 101 Å². The molecule has 0 amide bonds. The third-order valence-electron chi connectivity index (χ3n) is 12.7. The molecule has 58 heavy (non-hydrogen) atoms. The molecule has 1 aromatic rings. The number of rotatable bonds is 15. The van der Waals surface area contributed by atoms with E-state index in [-0.39, 0.29) is 0 Å². The van der Waals surface area contributed by atoms with Crippen LogP contribution in [0.4, 0.5) is 0 Å². The maximum Gasteiger partial charge on any atom is 0.0112 e. The van der Waals surface area contributed by atoms with Gasteiger partial charge < -0.3 is 0 Å². The van der Waals surface area contributed by atoms with Crippen LogP contribution in [-0.4, -0.2) is 0 Å². The molecule has 0 aromatic heterocycles. The molecule has 0 spiro atoms. The molecule has 3 rings (SSSR count). The van der Waals surface area contributed by atoms with Gasteiger partial charge in [0.05, 0.1) is 0 Å². The highest BCUT2D eigenvalue weighted by Gasteiger charge is 2.25. The summed E-state index contributed by atoms with van der Waals surface area (Å²) in [6, 6.07) is 9.10. The van der Waals surface area contributed by atoms with Gasteiger partial charge in [0.1, 0.15) is 0 Å². The van der Waals surface area contributed by atoms with Crippen LogP contribution in [0.25, 0.3) is 0 Å². The van der Waals surface area contributed by atoms with Crippen molar-refractivity contribution >= 4 is 0 Å². The molecule has 1 aromatic carbocycles. The summed E-state index contributed by atoms with van der Waals surface area (Å²) in [6.45, 7) is 46.1. The molecule has 0 radical (unpaired) electrons. The molecule has 342 valence electrons. The van der Waals surface area contributed by atoms with Crippen molar-refractivity contribution in [3.63, 3.8) is 0 Å². The molecule has 0 heterocycles. The van der Waals surface area contributed by atoms with Crippen LogP contribution < -0.4 is 0 Å². The van der Waals surface area contributed by atoms with Crippen molar-refractivity contribution in [2.45, 2.75) is 241 Å². The highest BCUT2D eigenvalue weighted by molar-refractivity contribution is 5.23. The van der Waals surface area contributed by atoms with Crippen molar-refractivity contribution in [2.24, 2.45) is 82.9 Å². The molecule has 2 saturated carbocycles. The first-order valence-corrected chi connectivity index (χ1v) is 25.6. The summed E-state index contributed by atoms with van der Waals surface area (Å²) in [7, 11) is 0. The number of hydrogen-bond acceptors (Lipinski definition) is 0. The van der Waals surface area contributed by atoms with E-state index >= 15 is 0 Å². The van der Waals surface area contributed by atoms with Crippen LogP contribution in [-0.2, 0) is 12.8 Å². The van der Waals surface area contributed by atoms with Crippen LogP contribution in [0.5, 0.6) is 0 Å². The third kappa shape index (κ3) is 35.5. The Balaban J connectivity index is 0. The Kier molecular flexibility index (Phi) is 35.9. The Labute approximate surface area is 369 Å². The molecule has 0 atom stereocenters. The summed E-state index contributed by atoms with van der Waals surface area (Å²) in [5, 5.41) is 0. The van der Waals surface area contributed by atoms with E-state index in [0.29, 0.717) is 0 Å². The van der Waals surface area contributed by atoms with Crippen LogP contribution in [0.3, 0.4) is 0 Å². The molecule has 0 bridgehead atoms. The molecular weight excluding hydrogens is 697 g/mol. The fourth-order valence-electron chi connectivity index (χ4n) is 8.37. The van der Waals surface area contributed by atoms with Gasteiger partial charge in [0.25, 0.3) is 0 Å². The summed E-state index contributed by atoms with van der Waals surface area (Å²) < 4.78 is 0. The minimum Gasteiger partial charge on any atom is -0.103 e. The van der Waals surface area contributed by atoms with Gasteiger partial charge in [-0.15, -0.1) is 11.8 Å². The Hall–Kier alpha value is -1.22. The fourth-order valence-corrected chi connectivity index (χ4v) is 8.37. The van der Waals surface area contributed by atoms with E-state index in [1.807, 2.05) is 0 Å². The zero-order valence-corrected chi connectivity index (χ0v) is 43.7. The summed E-state index contributed by atoms with van der Waals surface area (Å²) in [6.07, 6.45) is 22.1. The van der Waals surface area contributed by atoms with E-state index in [0.717, 1.165) is 95.7 Å². The zero-order chi connectivity index (χ0) is 44.8. The molecule has 2 aliphatic rings. The molecule has 0 unspecified atom stereocenters. The second kappa shape index (κ2) is 35.4. The van der Waals surface area contributed by atoms with E-state index in [9.17, 15) is 0 Å². The minimum atomic E-state index is 0.722. The van der Waals surface area contributed by atoms with Crippen LogP contribution in [0.15, 0.2) is 24.3 Å². The van der Waals surface area contributed by atoms with Crippen LogP contribution in [0, 0.1) is 94.7 Å². The molecule has 0 nitrogen and oxygen atoms in total. The van der Waals surface area contributed by atoms with Gasteiger partial charge in [0, 0.05) is 12.8 Å². The van der Waals surface area contributed by atoms with Crippen LogP contribution >= 0.6 is 0 Å². The average molecular weight is 808 g/mol. The lowest BCUT2D eigenvalue weighted by molar-refractivity contribution is 0.189. The van der Waals surface area contributed by atoms with Gasteiger partial charge in [0.15, 0.2) is 0 Å². The number of unbranched alkanes of at least 4 members (excludes halogenated alkanes) is 1. The number of benzene rings is 1. The van der Waals surface area contributed by atoms with Crippen molar-refractivity contribution in [3.05, 3.63) is 35.4 Å². The predicted octanol–water partition coefficient (Wildman–Crippen LogP) is 19.2. The normalized spacial score (nSPS) is 19.4. The maximum atomic E-state index is 3.17. The smallest absolute Gasteiger partial charge is 0.0112 e. The first-order valence-electron chi connectivity index (χ1n) is 25.6. The first kappa shape index (κ1) is 58.9. The zero-order valence-electron chi connectivity index (χ0n) is 43.7. The van der Waals surface area contributed by atoms with Crippen molar-refractivity contribution in [3.8, 4) is 11.8 Å². The highest BCUT2D eigenvalue weighted by Crippen LogP contribution is 2.37. The van der Waals surface area contributed by atoms with Gasteiger partial charge in [0.2, 0.25) is 0 Å². The predicted molar refractivity (Wildman–Crippen MR) is 269 cm³/mol. The van der Waals surface area contributed by atoms with Crippen LogP contribution in [0.2, 0.25) is 0 Å². The fraction of sp³-hybridized carbons (Fsp3) is 0.862. The Morgan fingerprint density at radius 1 is 0.345 bits per heavy atom. The SMILES string of the molecule is CC(C)C1CCC(C(C)C)CC1.CC(C)C1CCC(C(C)C)CC1.CC(C)CC#CCC(C)C.CC(C)CCCCC(C)C.CC(C)Cc1ccc(CC(C)C)cc1. The van der Waals surface area contributed by atoms with E-state index in [1.54, 1.807) is 0 Å². The molecule has 0 heteroatoms. The lowest BCUT2D eigenvalue weighted by Gasteiger charge is -2.32. The monoisotopic (exact) mass is 807 g/mol. The highest BCUT2D eigenvalue weighted by atomic mass is 14.3. The maximum absolute atomic E-state index is 3.17. The van der Waals surface area contributed by atoms with E-state index < -0.39 is 0 Å².